The smallest absolute Gasteiger partial charge is 0.303 e. The van der Waals surface area contributed by atoms with Crippen molar-refractivity contribution < 1.29 is 14.7 Å². The molecule has 3 rings (SSSR count). The molecule has 1 aromatic carbocycles. The van der Waals surface area contributed by atoms with Crippen LogP contribution < -0.4 is 0 Å². The Bertz CT molecular complexity index is 985. The van der Waals surface area contributed by atoms with Gasteiger partial charge in [0.2, 0.25) is 0 Å². The number of benzene rings is 1. The fourth-order valence-electron chi connectivity index (χ4n) is 4.53. The van der Waals surface area contributed by atoms with Gasteiger partial charge >= 0.3 is 5.97 Å². The van der Waals surface area contributed by atoms with E-state index < -0.39 is 5.97 Å². The number of carbonyl (C=O) groups is 2. The van der Waals surface area contributed by atoms with Crippen LogP contribution in [0, 0.1) is 19.3 Å². The Balaban J connectivity index is 1.83. The molecule has 0 aliphatic heterocycles. The molecule has 4 heteroatoms. The first kappa shape index (κ1) is 22.5. The SMILES string of the molecule is CCc1sc(C(=O)/C=C/c2cc(C)c(CCC(=O)O)c(C)c2)c2c1CC(C)(C)CC2. The average Bonchev–Trinajstić information content (AvgIpc) is 3.01. The zero-order valence-electron chi connectivity index (χ0n) is 18.7. The summed E-state index contributed by atoms with van der Waals surface area (Å²) in [6.45, 7) is 10.8. The van der Waals surface area contributed by atoms with Gasteiger partial charge < -0.3 is 5.11 Å². The molecule has 0 saturated carbocycles. The molecule has 0 fully saturated rings. The van der Waals surface area contributed by atoms with E-state index in [1.807, 2.05) is 32.1 Å². The maximum atomic E-state index is 13.1. The highest BCUT2D eigenvalue weighted by atomic mass is 32.1. The number of aryl methyl sites for hydroxylation is 3. The van der Waals surface area contributed by atoms with E-state index in [9.17, 15) is 9.59 Å². The summed E-state index contributed by atoms with van der Waals surface area (Å²) in [5.74, 6) is -0.682. The molecule has 1 heterocycles. The summed E-state index contributed by atoms with van der Waals surface area (Å²) in [5, 5.41) is 8.95. The van der Waals surface area contributed by atoms with Gasteiger partial charge in [0.25, 0.3) is 0 Å². The molecule has 1 aliphatic carbocycles. The molecule has 160 valence electrons. The molecular formula is C26H32O3S. The molecule has 1 N–H and O–H groups in total. The predicted molar refractivity (Wildman–Crippen MR) is 125 cm³/mol. The van der Waals surface area contributed by atoms with Gasteiger partial charge in [0.1, 0.15) is 0 Å². The third kappa shape index (κ3) is 4.92. The quantitative estimate of drug-likeness (QED) is 0.416. The maximum absolute atomic E-state index is 13.1. The van der Waals surface area contributed by atoms with Crippen LogP contribution in [-0.2, 0) is 30.5 Å². The van der Waals surface area contributed by atoms with Crippen LogP contribution in [0.3, 0.4) is 0 Å². The topological polar surface area (TPSA) is 54.4 Å². The Kier molecular flexibility index (Phi) is 6.66. The lowest BCUT2D eigenvalue weighted by atomic mass is 9.74. The standard InChI is InChI=1S/C26H32O3S/c1-6-23-21-15-26(4,5)12-11-20(21)25(30-23)22(27)9-7-18-13-16(2)19(17(3)14-18)8-10-24(28)29/h7,9,13-14H,6,8,10-12,15H2,1-5H3,(H,28,29)/b9-7+. The number of carboxylic acids is 1. The molecule has 3 nitrogen and oxygen atoms in total. The lowest BCUT2D eigenvalue weighted by Gasteiger charge is -2.30. The van der Waals surface area contributed by atoms with Crippen molar-refractivity contribution in [3.8, 4) is 0 Å². The second kappa shape index (κ2) is 8.89. The summed E-state index contributed by atoms with van der Waals surface area (Å²) in [4.78, 5) is 26.2. The fraction of sp³-hybridized carbons (Fsp3) is 0.462. The average molecular weight is 425 g/mol. The number of rotatable bonds is 7. The Labute approximate surface area is 183 Å². The molecule has 30 heavy (non-hydrogen) atoms. The Morgan fingerprint density at radius 2 is 1.83 bits per heavy atom. The van der Waals surface area contributed by atoms with E-state index in [2.05, 4.69) is 20.8 Å². The van der Waals surface area contributed by atoms with E-state index in [1.54, 1.807) is 17.4 Å². The summed E-state index contributed by atoms with van der Waals surface area (Å²) < 4.78 is 0. The van der Waals surface area contributed by atoms with Crippen molar-refractivity contribution in [2.45, 2.75) is 73.1 Å². The summed E-state index contributed by atoms with van der Waals surface area (Å²) in [5.41, 5.74) is 7.24. The van der Waals surface area contributed by atoms with Crippen LogP contribution in [0.2, 0.25) is 0 Å². The third-order valence-corrected chi connectivity index (χ3v) is 7.62. The van der Waals surface area contributed by atoms with Crippen molar-refractivity contribution in [2.75, 3.05) is 0 Å². The number of fused-ring (bicyclic) bond motifs is 1. The lowest BCUT2D eigenvalue weighted by molar-refractivity contribution is -0.136. The highest BCUT2D eigenvalue weighted by molar-refractivity contribution is 7.14. The van der Waals surface area contributed by atoms with Gasteiger partial charge in [0.15, 0.2) is 5.78 Å². The summed E-state index contributed by atoms with van der Waals surface area (Å²) in [6, 6.07) is 4.08. The van der Waals surface area contributed by atoms with Crippen molar-refractivity contribution in [2.24, 2.45) is 5.41 Å². The van der Waals surface area contributed by atoms with E-state index in [0.29, 0.717) is 11.8 Å². The van der Waals surface area contributed by atoms with Crippen LogP contribution in [-0.4, -0.2) is 16.9 Å². The summed E-state index contributed by atoms with van der Waals surface area (Å²) in [7, 11) is 0. The molecule has 0 amide bonds. The normalized spacial score (nSPS) is 15.4. The highest BCUT2D eigenvalue weighted by Crippen LogP contribution is 2.42. The second-order valence-electron chi connectivity index (χ2n) is 9.23. The number of aliphatic carboxylic acids is 1. The first-order chi connectivity index (χ1) is 14.1. The van der Waals surface area contributed by atoms with Crippen molar-refractivity contribution in [3.63, 3.8) is 0 Å². The van der Waals surface area contributed by atoms with Gasteiger partial charge in [-0.05, 0) is 90.8 Å². The van der Waals surface area contributed by atoms with Crippen LogP contribution in [0.4, 0.5) is 0 Å². The van der Waals surface area contributed by atoms with E-state index >= 15 is 0 Å². The van der Waals surface area contributed by atoms with Gasteiger partial charge in [-0.2, -0.15) is 0 Å². The van der Waals surface area contributed by atoms with Crippen LogP contribution in [0.25, 0.3) is 6.08 Å². The number of hydrogen-bond acceptors (Lipinski definition) is 3. The van der Waals surface area contributed by atoms with E-state index in [-0.39, 0.29) is 12.2 Å². The van der Waals surface area contributed by atoms with Gasteiger partial charge in [-0.1, -0.05) is 39.0 Å². The Hall–Kier alpha value is -2.20. The second-order valence-corrected chi connectivity index (χ2v) is 10.3. The van der Waals surface area contributed by atoms with E-state index in [0.717, 1.165) is 52.8 Å². The molecular weight excluding hydrogens is 392 g/mol. The van der Waals surface area contributed by atoms with Crippen LogP contribution in [0.1, 0.15) is 81.5 Å². The summed E-state index contributed by atoms with van der Waals surface area (Å²) >= 11 is 1.68. The third-order valence-electron chi connectivity index (χ3n) is 6.19. The number of carboxylic acid groups (broad SMARTS) is 1. The molecule has 0 saturated heterocycles. The molecule has 2 aromatic rings. The van der Waals surface area contributed by atoms with Gasteiger partial charge in [-0.25, -0.2) is 0 Å². The minimum atomic E-state index is -0.780. The minimum Gasteiger partial charge on any atom is -0.481 e. The molecule has 0 radical (unpaired) electrons. The van der Waals surface area contributed by atoms with Crippen molar-refractivity contribution in [1.82, 2.24) is 0 Å². The van der Waals surface area contributed by atoms with Crippen LogP contribution in [0.5, 0.6) is 0 Å². The molecule has 1 aromatic heterocycles. The van der Waals surface area contributed by atoms with Gasteiger partial charge in [0.05, 0.1) is 4.88 Å². The summed E-state index contributed by atoms with van der Waals surface area (Å²) in [6.07, 6.45) is 8.43. The molecule has 0 unspecified atom stereocenters. The van der Waals surface area contributed by atoms with Crippen LogP contribution >= 0.6 is 11.3 Å². The Morgan fingerprint density at radius 1 is 1.17 bits per heavy atom. The lowest BCUT2D eigenvalue weighted by Crippen LogP contribution is -2.22. The van der Waals surface area contributed by atoms with Crippen LogP contribution in [0.15, 0.2) is 18.2 Å². The van der Waals surface area contributed by atoms with Crippen molar-refractivity contribution in [3.05, 3.63) is 61.3 Å². The number of carbonyl (C=O) groups excluding carboxylic acids is 1. The first-order valence-corrected chi connectivity index (χ1v) is 11.6. The molecule has 0 spiro atoms. The van der Waals surface area contributed by atoms with Gasteiger partial charge in [-0.3, -0.25) is 9.59 Å². The fourth-order valence-corrected chi connectivity index (χ4v) is 5.76. The van der Waals surface area contributed by atoms with Gasteiger partial charge in [0, 0.05) is 11.3 Å². The molecule has 0 atom stereocenters. The van der Waals surface area contributed by atoms with E-state index in [4.69, 9.17) is 5.11 Å². The maximum Gasteiger partial charge on any atom is 0.303 e. The van der Waals surface area contributed by atoms with Crippen molar-refractivity contribution >= 4 is 29.2 Å². The van der Waals surface area contributed by atoms with Gasteiger partial charge in [-0.15, -0.1) is 11.3 Å². The Morgan fingerprint density at radius 3 is 2.43 bits per heavy atom. The number of ketones is 1. The monoisotopic (exact) mass is 424 g/mol. The van der Waals surface area contributed by atoms with Crippen molar-refractivity contribution in [1.29, 1.82) is 0 Å². The molecule has 1 aliphatic rings. The predicted octanol–water partition coefficient (Wildman–Crippen LogP) is 6.36. The first-order valence-electron chi connectivity index (χ1n) is 10.8. The number of hydrogen-bond donors (Lipinski definition) is 1. The molecule has 0 bridgehead atoms. The zero-order valence-corrected chi connectivity index (χ0v) is 19.5. The zero-order chi connectivity index (χ0) is 22.1. The van der Waals surface area contributed by atoms with E-state index in [1.165, 1.54) is 16.0 Å². The largest absolute Gasteiger partial charge is 0.481 e. The highest BCUT2D eigenvalue weighted by Gasteiger charge is 2.31. The minimum absolute atomic E-state index is 0.0981. The number of thiophene rings is 1. The number of allylic oxidation sites excluding steroid dienone is 1.